The van der Waals surface area contributed by atoms with E-state index in [0.717, 1.165) is 23.3 Å². The minimum absolute atomic E-state index is 0.589. The third-order valence-corrected chi connectivity index (χ3v) is 4.77. The maximum absolute atomic E-state index is 4.88. The Morgan fingerprint density at radius 2 is 1.70 bits per heavy atom. The minimum Gasteiger partial charge on any atom is -0.337 e. The average Bonchev–Trinajstić information content (AvgIpc) is 2.59. The van der Waals surface area contributed by atoms with Gasteiger partial charge >= 0.3 is 0 Å². The van der Waals surface area contributed by atoms with E-state index >= 15 is 0 Å². The van der Waals surface area contributed by atoms with Crippen molar-refractivity contribution in [2.24, 2.45) is 0 Å². The van der Waals surface area contributed by atoms with Crippen molar-refractivity contribution in [3.8, 4) is 0 Å². The molecule has 0 bridgehead atoms. The van der Waals surface area contributed by atoms with Gasteiger partial charge in [-0.3, -0.25) is 0 Å². The van der Waals surface area contributed by atoms with Gasteiger partial charge in [0.1, 0.15) is 0 Å². The van der Waals surface area contributed by atoms with E-state index in [2.05, 4.69) is 59.3 Å². The number of aromatic nitrogens is 2. The fraction of sp³-hybridized carbons (Fsp3) is 0.789. The molecule has 0 aliphatic rings. The summed E-state index contributed by atoms with van der Waals surface area (Å²) >= 11 is 2.47. The molecule has 0 saturated carbocycles. The Balaban J connectivity index is 2.91. The van der Waals surface area contributed by atoms with E-state index in [1.54, 1.807) is 0 Å². The lowest BCUT2D eigenvalue weighted by atomic mass is 10.0. The zero-order valence-corrected chi connectivity index (χ0v) is 17.4. The van der Waals surface area contributed by atoms with Crippen LogP contribution in [0.5, 0.6) is 0 Å². The molecule has 4 heteroatoms. The first-order valence-corrected chi connectivity index (χ1v) is 10.9. The summed E-state index contributed by atoms with van der Waals surface area (Å²) in [7, 11) is 0. The summed E-state index contributed by atoms with van der Waals surface area (Å²) in [6.07, 6.45) is 13.1. The van der Waals surface area contributed by atoms with Crippen LogP contribution in [0.3, 0.4) is 0 Å². The molecule has 1 aromatic rings. The Hall–Kier alpha value is -0.390. The maximum atomic E-state index is 4.88. The van der Waals surface area contributed by atoms with Crippen molar-refractivity contribution in [1.82, 2.24) is 9.97 Å². The van der Waals surface area contributed by atoms with Crippen molar-refractivity contribution in [3.05, 3.63) is 18.0 Å². The molecule has 1 aromatic heterocycles. The van der Waals surface area contributed by atoms with Gasteiger partial charge in [-0.25, -0.2) is 9.97 Å². The third kappa shape index (κ3) is 7.81. The zero-order chi connectivity index (χ0) is 16.9. The molecule has 0 atom stereocenters. The van der Waals surface area contributed by atoms with Gasteiger partial charge in [0.05, 0.1) is 0 Å². The Bertz CT molecular complexity index is 403. The van der Waals surface area contributed by atoms with Gasteiger partial charge in [-0.2, -0.15) is 0 Å². The molecule has 0 aliphatic heterocycles. The number of unbranched alkanes of at least 4 members (excludes halogenated alkanes) is 3. The van der Waals surface area contributed by atoms with Crippen LogP contribution in [0, 0.1) is 0 Å². The van der Waals surface area contributed by atoms with E-state index in [0.29, 0.717) is 6.04 Å². The van der Waals surface area contributed by atoms with Crippen LogP contribution >= 0.6 is 22.6 Å². The molecule has 0 saturated heterocycles. The molecule has 0 N–H and O–H groups in total. The van der Waals surface area contributed by atoms with E-state index in [4.69, 9.17) is 4.98 Å². The van der Waals surface area contributed by atoms with Crippen LogP contribution in [0.1, 0.15) is 77.8 Å². The molecule has 0 amide bonds. The second-order valence-electron chi connectivity index (χ2n) is 6.27. The van der Waals surface area contributed by atoms with Crippen molar-refractivity contribution >= 4 is 28.5 Å². The van der Waals surface area contributed by atoms with Crippen molar-refractivity contribution in [2.45, 2.75) is 84.6 Å². The quantitative estimate of drug-likeness (QED) is 0.292. The molecular weight excluding hydrogens is 397 g/mol. The molecule has 3 nitrogen and oxygen atoms in total. The summed E-state index contributed by atoms with van der Waals surface area (Å²) < 4.78 is 1.12. The fourth-order valence-corrected chi connectivity index (χ4v) is 3.41. The van der Waals surface area contributed by atoms with Gasteiger partial charge in [-0.15, -0.1) is 0 Å². The van der Waals surface area contributed by atoms with Crippen molar-refractivity contribution in [3.63, 3.8) is 0 Å². The second-order valence-corrected chi connectivity index (χ2v) is 7.35. The minimum atomic E-state index is 0.589. The molecule has 0 aliphatic carbocycles. The van der Waals surface area contributed by atoms with Crippen LogP contribution in [0.2, 0.25) is 0 Å². The van der Waals surface area contributed by atoms with Gasteiger partial charge in [-0.05, 0) is 31.7 Å². The van der Waals surface area contributed by atoms with E-state index in [-0.39, 0.29) is 0 Å². The molecule has 0 unspecified atom stereocenters. The molecule has 0 spiro atoms. The summed E-state index contributed by atoms with van der Waals surface area (Å²) in [5, 5.41) is 0. The molecule has 0 aromatic carbocycles. The van der Waals surface area contributed by atoms with Crippen molar-refractivity contribution < 1.29 is 0 Å². The van der Waals surface area contributed by atoms with E-state index in [1.807, 2.05) is 6.20 Å². The van der Waals surface area contributed by atoms with Crippen molar-refractivity contribution in [2.75, 3.05) is 15.9 Å². The van der Waals surface area contributed by atoms with Crippen LogP contribution in [0.25, 0.3) is 0 Å². The molecule has 0 fully saturated rings. The van der Waals surface area contributed by atoms with Gasteiger partial charge in [0.15, 0.2) is 0 Å². The smallest absolute Gasteiger partial charge is 0.225 e. The normalized spacial score (nSPS) is 11.2. The highest BCUT2D eigenvalue weighted by molar-refractivity contribution is 14.1. The standard InChI is InChI=1S/C19H34IN3/c1-4-7-10-17-13-15-21-19(22-17)23(16-14-20)18(11-8-5-2)12-9-6-3/h13,15,18H,4-12,14,16H2,1-3H3. The maximum Gasteiger partial charge on any atom is 0.225 e. The predicted octanol–water partition coefficient (Wildman–Crippen LogP) is 5.81. The van der Waals surface area contributed by atoms with Crippen LogP contribution in [-0.2, 0) is 6.42 Å². The van der Waals surface area contributed by atoms with Gasteiger partial charge in [0.25, 0.3) is 0 Å². The van der Waals surface area contributed by atoms with Gasteiger partial charge < -0.3 is 4.90 Å². The number of rotatable bonds is 13. The second kappa shape index (κ2) is 13.0. The monoisotopic (exact) mass is 431 g/mol. The SMILES string of the molecule is CCCCc1ccnc(N(CCI)C(CCCC)CCCC)n1. The summed E-state index contributed by atoms with van der Waals surface area (Å²) in [5.41, 5.74) is 1.19. The number of hydrogen-bond acceptors (Lipinski definition) is 3. The number of nitrogens with zero attached hydrogens (tertiary/aromatic N) is 3. The number of anilines is 1. The fourth-order valence-electron chi connectivity index (χ4n) is 2.89. The lowest BCUT2D eigenvalue weighted by molar-refractivity contribution is 0.480. The van der Waals surface area contributed by atoms with Crippen molar-refractivity contribution in [1.29, 1.82) is 0 Å². The van der Waals surface area contributed by atoms with Crippen LogP contribution < -0.4 is 4.90 Å². The van der Waals surface area contributed by atoms with E-state index < -0.39 is 0 Å². The highest BCUT2D eigenvalue weighted by Crippen LogP contribution is 2.21. The molecule has 1 rings (SSSR count). The first kappa shape index (κ1) is 20.7. The predicted molar refractivity (Wildman–Crippen MR) is 110 cm³/mol. The number of hydrogen-bond donors (Lipinski definition) is 0. The lowest BCUT2D eigenvalue weighted by Crippen LogP contribution is -2.38. The van der Waals surface area contributed by atoms with Crippen LogP contribution in [0.4, 0.5) is 5.95 Å². The molecule has 132 valence electrons. The summed E-state index contributed by atoms with van der Waals surface area (Å²) in [5.74, 6) is 0.951. The number of halogens is 1. The highest BCUT2D eigenvalue weighted by Gasteiger charge is 2.20. The van der Waals surface area contributed by atoms with Crippen LogP contribution in [-0.4, -0.2) is 27.0 Å². The Kier molecular flexibility index (Phi) is 11.6. The molecule has 1 heterocycles. The Morgan fingerprint density at radius 3 is 2.26 bits per heavy atom. The number of alkyl halides is 1. The molecule has 0 radical (unpaired) electrons. The summed E-state index contributed by atoms with van der Waals surface area (Å²) in [6.45, 7) is 7.84. The first-order chi connectivity index (χ1) is 11.3. The molecule has 23 heavy (non-hydrogen) atoms. The summed E-state index contributed by atoms with van der Waals surface area (Å²) in [4.78, 5) is 12.0. The Morgan fingerprint density at radius 1 is 1.04 bits per heavy atom. The average molecular weight is 431 g/mol. The van der Waals surface area contributed by atoms with E-state index in [9.17, 15) is 0 Å². The largest absolute Gasteiger partial charge is 0.337 e. The molecular formula is C19H34IN3. The highest BCUT2D eigenvalue weighted by atomic mass is 127. The van der Waals surface area contributed by atoms with Gasteiger partial charge in [0.2, 0.25) is 5.95 Å². The lowest BCUT2D eigenvalue weighted by Gasteiger charge is -2.32. The van der Waals surface area contributed by atoms with Gasteiger partial charge in [-0.1, -0.05) is 75.5 Å². The van der Waals surface area contributed by atoms with Gasteiger partial charge in [0, 0.05) is 28.9 Å². The Labute approximate surface area is 156 Å². The summed E-state index contributed by atoms with van der Waals surface area (Å²) in [6, 6.07) is 2.67. The number of aryl methyl sites for hydroxylation is 1. The topological polar surface area (TPSA) is 29.0 Å². The zero-order valence-electron chi connectivity index (χ0n) is 15.2. The van der Waals surface area contributed by atoms with E-state index in [1.165, 1.54) is 57.1 Å². The first-order valence-electron chi connectivity index (χ1n) is 9.41. The third-order valence-electron chi connectivity index (χ3n) is 4.29. The van der Waals surface area contributed by atoms with Crippen LogP contribution in [0.15, 0.2) is 12.3 Å².